The van der Waals surface area contributed by atoms with E-state index >= 15 is 0 Å². The number of aromatic nitrogens is 2. The van der Waals surface area contributed by atoms with Crippen LogP contribution in [0.1, 0.15) is 16.1 Å². The van der Waals surface area contributed by atoms with E-state index in [4.69, 9.17) is 15.7 Å². The molecule has 116 valence electrons. The first-order valence-corrected chi connectivity index (χ1v) is 8.57. The van der Waals surface area contributed by atoms with E-state index < -0.39 is 5.97 Å². The molecule has 2 aromatic heterocycles. The van der Waals surface area contributed by atoms with Gasteiger partial charge in [0, 0.05) is 11.9 Å². The van der Waals surface area contributed by atoms with Gasteiger partial charge in [-0.2, -0.15) is 5.26 Å². The maximum Gasteiger partial charge on any atom is 0.357 e. The number of nitrogen functional groups attached to an aromatic ring is 1. The van der Waals surface area contributed by atoms with Crippen LogP contribution in [0.15, 0.2) is 28.7 Å². The Labute approximate surface area is 140 Å². The average molecular weight is 344 g/mol. The summed E-state index contributed by atoms with van der Waals surface area (Å²) in [6.45, 7) is 0. The smallest absolute Gasteiger partial charge is 0.357 e. The normalized spacial score (nSPS) is 10.7. The van der Waals surface area contributed by atoms with Gasteiger partial charge in [0.15, 0.2) is 10.0 Å². The van der Waals surface area contributed by atoms with Gasteiger partial charge in [-0.25, -0.2) is 9.78 Å². The van der Waals surface area contributed by atoms with Crippen molar-refractivity contribution in [2.45, 2.75) is 4.34 Å². The molecule has 2 heterocycles. The summed E-state index contributed by atoms with van der Waals surface area (Å²) >= 11 is 3.15. The number of ether oxygens (including phenoxy) is 1. The zero-order valence-electron chi connectivity index (χ0n) is 12.4. The minimum absolute atomic E-state index is 0.119. The summed E-state index contributed by atoms with van der Waals surface area (Å²) < 4.78 is 8.33. The van der Waals surface area contributed by atoms with Crippen LogP contribution in [0.2, 0.25) is 0 Å². The summed E-state index contributed by atoms with van der Waals surface area (Å²) in [5, 5.41) is 9.16. The first-order chi connectivity index (χ1) is 11.1. The molecule has 3 rings (SSSR count). The molecular weight excluding hydrogens is 332 g/mol. The quantitative estimate of drug-likeness (QED) is 0.580. The van der Waals surface area contributed by atoms with Crippen LogP contribution in [-0.4, -0.2) is 28.9 Å². The van der Waals surface area contributed by atoms with Crippen LogP contribution in [0.3, 0.4) is 0 Å². The van der Waals surface area contributed by atoms with E-state index in [9.17, 15) is 4.79 Å². The molecule has 1 aromatic carbocycles. The number of hydrogen-bond donors (Lipinski definition) is 1. The van der Waals surface area contributed by atoms with Gasteiger partial charge in [-0.05, 0) is 24.5 Å². The number of esters is 1. The van der Waals surface area contributed by atoms with E-state index in [1.807, 2.05) is 30.5 Å². The number of carbonyl (C=O) groups is 1. The van der Waals surface area contributed by atoms with E-state index in [0.29, 0.717) is 0 Å². The van der Waals surface area contributed by atoms with Crippen LogP contribution in [0.4, 0.5) is 5.69 Å². The van der Waals surface area contributed by atoms with Crippen molar-refractivity contribution in [3.8, 4) is 11.8 Å². The summed E-state index contributed by atoms with van der Waals surface area (Å²) in [5.74, 6) is -0.585. The lowest BCUT2D eigenvalue weighted by atomic mass is 10.2. The van der Waals surface area contributed by atoms with E-state index in [2.05, 4.69) is 4.98 Å². The topological polar surface area (TPSA) is 93.9 Å². The summed E-state index contributed by atoms with van der Waals surface area (Å²) in [6.07, 6.45) is 3.51. The monoisotopic (exact) mass is 344 g/mol. The molecule has 0 amide bonds. The van der Waals surface area contributed by atoms with Gasteiger partial charge in [-0.15, -0.1) is 11.3 Å². The minimum Gasteiger partial charge on any atom is -0.464 e. The number of anilines is 1. The van der Waals surface area contributed by atoms with Crippen LogP contribution >= 0.6 is 23.1 Å². The predicted octanol–water partition coefficient (Wildman–Crippen LogP) is 3.05. The average Bonchev–Trinajstić information content (AvgIpc) is 3.13. The molecule has 0 fully saturated rings. The second-order valence-electron chi connectivity index (χ2n) is 4.61. The lowest BCUT2D eigenvalue weighted by Gasteiger charge is -2.08. The number of rotatable bonds is 3. The zero-order chi connectivity index (χ0) is 16.6. The molecule has 0 aliphatic heterocycles. The van der Waals surface area contributed by atoms with Crippen molar-refractivity contribution in [2.75, 3.05) is 19.1 Å². The van der Waals surface area contributed by atoms with E-state index in [0.717, 1.165) is 20.2 Å². The fraction of sp³-hybridized carbons (Fsp3) is 0.133. The van der Waals surface area contributed by atoms with Crippen molar-refractivity contribution < 1.29 is 9.53 Å². The fourth-order valence-electron chi connectivity index (χ4n) is 2.25. The second-order valence-corrected chi connectivity index (χ2v) is 6.70. The highest BCUT2D eigenvalue weighted by atomic mass is 32.2. The Kier molecular flexibility index (Phi) is 3.98. The molecule has 0 aliphatic carbocycles. The number of benzene rings is 1. The number of nitrogens with two attached hydrogens (primary N) is 1. The number of thioether (sulfide) groups is 1. The van der Waals surface area contributed by atoms with Crippen molar-refractivity contribution in [2.24, 2.45) is 0 Å². The zero-order valence-corrected chi connectivity index (χ0v) is 14.0. The Bertz CT molecular complexity index is 952. The van der Waals surface area contributed by atoms with Crippen LogP contribution in [0.25, 0.3) is 15.9 Å². The van der Waals surface area contributed by atoms with Gasteiger partial charge in [0.1, 0.15) is 6.07 Å². The van der Waals surface area contributed by atoms with Gasteiger partial charge >= 0.3 is 5.97 Å². The summed E-state index contributed by atoms with van der Waals surface area (Å²) in [4.78, 5) is 16.5. The first kappa shape index (κ1) is 15.4. The third-order valence-electron chi connectivity index (χ3n) is 3.35. The molecule has 0 bridgehead atoms. The standard InChI is InChI=1S/C15H12N4O2S2/c1-21-14(20)13-12(17)8(6-16)7-19(13)9-3-4-10-11(5-9)23-15(18-10)22-2/h3-5,7H,17H2,1-2H3. The second kappa shape index (κ2) is 5.95. The van der Waals surface area contributed by atoms with E-state index in [-0.39, 0.29) is 16.9 Å². The third-order valence-corrected chi connectivity index (χ3v) is 5.35. The third kappa shape index (κ3) is 2.54. The molecule has 0 unspecified atom stereocenters. The Morgan fingerprint density at radius 2 is 2.30 bits per heavy atom. The lowest BCUT2D eigenvalue weighted by Crippen LogP contribution is -2.11. The van der Waals surface area contributed by atoms with Gasteiger partial charge in [-0.3, -0.25) is 0 Å². The van der Waals surface area contributed by atoms with Crippen molar-refractivity contribution in [3.05, 3.63) is 35.7 Å². The first-order valence-electron chi connectivity index (χ1n) is 6.53. The molecule has 0 atom stereocenters. The Morgan fingerprint density at radius 3 is 2.96 bits per heavy atom. The van der Waals surface area contributed by atoms with Crippen molar-refractivity contribution in [1.29, 1.82) is 5.26 Å². The van der Waals surface area contributed by atoms with Crippen molar-refractivity contribution in [3.63, 3.8) is 0 Å². The molecule has 8 heteroatoms. The minimum atomic E-state index is -0.585. The number of methoxy groups -OCH3 is 1. The molecule has 2 N–H and O–H groups in total. The number of nitrogens with zero attached hydrogens (tertiary/aromatic N) is 3. The number of fused-ring (bicyclic) bond motifs is 1. The summed E-state index contributed by atoms with van der Waals surface area (Å²) in [6, 6.07) is 7.62. The van der Waals surface area contributed by atoms with Crippen molar-refractivity contribution in [1.82, 2.24) is 9.55 Å². The van der Waals surface area contributed by atoms with Gasteiger partial charge in [-0.1, -0.05) is 11.8 Å². The van der Waals surface area contributed by atoms with Gasteiger partial charge in [0.05, 0.1) is 28.6 Å². The predicted molar refractivity (Wildman–Crippen MR) is 91.2 cm³/mol. The van der Waals surface area contributed by atoms with Gasteiger partial charge in [0.2, 0.25) is 0 Å². The van der Waals surface area contributed by atoms with Gasteiger partial charge in [0.25, 0.3) is 0 Å². The number of carbonyl (C=O) groups excluding carboxylic acids is 1. The molecule has 0 spiro atoms. The molecule has 0 saturated heterocycles. The molecule has 6 nitrogen and oxygen atoms in total. The number of nitriles is 1. The van der Waals surface area contributed by atoms with Crippen LogP contribution < -0.4 is 5.73 Å². The highest BCUT2D eigenvalue weighted by Gasteiger charge is 2.22. The lowest BCUT2D eigenvalue weighted by molar-refractivity contribution is 0.0593. The van der Waals surface area contributed by atoms with E-state index in [1.54, 1.807) is 33.9 Å². The largest absolute Gasteiger partial charge is 0.464 e. The highest BCUT2D eigenvalue weighted by molar-refractivity contribution is 8.00. The Hall–Kier alpha value is -2.50. The molecule has 0 aliphatic rings. The fourth-order valence-corrected chi connectivity index (χ4v) is 3.77. The Morgan fingerprint density at radius 1 is 1.52 bits per heavy atom. The maximum atomic E-state index is 12.0. The Balaban J connectivity index is 2.21. The summed E-state index contributed by atoms with van der Waals surface area (Å²) in [7, 11) is 1.28. The van der Waals surface area contributed by atoms with Crippen LogP contribution in [0.5, 0.6) is 0 Å². The van der Waals surface area contributed by atoms with Crippen LogP contribution in [-0.2, 0) is 4.74 Å². The molecule has 0 radical (unpaired) electrons. The SMILES string of the molecule is COC(=O)c1c(N)c(C#N)cn1-c1ccc2nc(SC)sc2c1. The van der Waals surface area contributed by atoms with Gasteiger partial charge < -0.3 is 15.0 Å². The molecule has 0 saturated carbocycles. The molecule has 23 heavy (non-hydrogen) atoms. The van der Waals surface area contributed by atoms with Crippen LogP contribution in [0, 0.1) is 11.3 Å². The highest BCUT2D eigenvalue weighted by Crippen LogP contribution is 2.31. The molecule has 3 aromatic rings. The number of hydrogen-bond acceptors (Lipinski definition) is 7. The number of thiazole rings is 1. The van der Waals surface area contributed by atoms with E-state index in [1.165, 1.54) is 7.11 Å². The van der Waals surface area contributed by atoms with Crippen molar-refractivity contribution >= 4 is 45.0 Å². The maximum absolute atomic E-state index is 12.0. The molecular formula is C15H12N4O2S2. The summed E-state index contributed by atoms with van der Waals surface area (Å²) in [5.41, 5.74) is 8.03.